The molecule has 0 radical (unpaired) electrons. The van der Waals surface area contributed by atoms with Crippen molar-refractivity contribution < 1.29 is 9.18 Å². The molecule has 2 aromatic rings. The van der Waals surface area contributed by atoms with Crippen molar-refractivity contribution in [3.63, 3.8) is 0 Å². The van der Waals surface area contributed by atoms with E-state index in [0.717, 1.165) is 30.6 Å². The van der Waals surface area contributed by atoms with Gasteiger partial charge >= 0.3 is 0 Å². The molecule has 0 spiro atoms. The van der Waals surface area contributed by atoms with Crippen molar-refractivity contribution in [1.29, 1.82) is 0 Å². The standard InChI is InChI=1S/C16H14BrFN2O/c17-12-4-6-15(13(18)9-12)20-16(21)11-3-5-14-10(8-11)2-1-7-19-14/h3-6,8-9,19H,1-2,7H2,(H,20,21). The van der Waals surface area contributed by atoms with Crippen molar-refractivity contribution in [3.05, 3.63) is 57.8 Å². The number of carbonyl (C=O) groups is 1. The maximum absolute atomic E-state index is 13.7. The van der Waals surface area contributed by atoms with Crippen molar-refractivity contribution in [1.82, 2.24) is 0 Å². The molecule has 0 fully saturated rings. The zero-order valence-electron chi connectivity index (χ0n) is 11.2. The molecule has 108 valence electrons. The molecule has 1 aliphatic rings. The Bertz CT molecular complexity index is 703. The van der Waals surface area contributed by atoms with E-state index < -0.39 is 5.82 Å². The number of halogens is 2. The van der Waals surface area contributed by atoms with Gasteiger partial charge in [-0.25, -0.2) is 4.39 Å². The number of rotatable bonds is 2. The number of hydrogen-bond donors (Lipinski definition) is 2. The van der Waals surface area contributed by atoms with Gasteiger partial charge in [0.05, 0.1) is 5.69 Å². The molecular formula is C16H14BrFN2O. The molecule has 1 heterocycles. The topological polar surface area (TPSA) is 41.1 Å². The summed E-state index contributed by atoms with van der Waals surface area (Å²) in [6, 6.07) is 10.1. The van der Waals surface area contributed by atoms with Gasteiger partial charge in [-0.1, -0.05) is 15.9 Å². The van der Waals surface area contributed by atoms with E-state index in [1.54, 1.807) is 12.1 Å². The first-order chi connectivity index (χ1) is 10.1. The molecule has 1 aliphatic heterocycles. The predicted octanol–water partition coefficient (Wildman–Crippen LogP) is 4.20. The van der Waals surface area contributed by atoms with Gasteiger partial charge in [0.15, 0.2) is 0 Å². The molecule has 0 saturated carbocycles. The predicted molar refractivity (Wildman–Crippen MR) is 85.3 cm³/mol. The van der Waals surface area contributed by atoms with Gasteiger partial charge in [-0.3, -0.25) is 4.79 Å². The quantitative estimate of drug-likeness (QED) is 0.853. The lowest BCUT2D eigenvalue weighted by atomic mass is 10.0. The van der Waals surface area contributed by atoms with Crippen LogP contribution in [0.5, 0.6) is 0 Å². The zero-order chi connectivity index (χ0) is 14.8. The zero-order valence-corrected chi connectivity index (χ0v) is 12.8. The molecule has 2 aromatic carbocycles. The van der Waals surface area contributed by atoms with Crippen LogP contribution < -0.4 is 10.6 Å². The summed E-state index contributed by atoms with van der Waals surface area (Å²) < 4.78 is 14.4. The van der Waals surface area contributed by atoms with Crippen molar-refractivity contribution in [2.75, 3.05) is 17.2 Å². The van der Waals surface area contributed by atoms with Crippen LogP contribution in [-0.4, -0.2) is 12.5 Å². The Hall–Kier alpha value is -1.88. The minimum Gasteiger partial charge on any atom is -0.385 e. The fourth-order valence-electron chi connectivity index (χ4n) is 2.40. The Morgan fingerprint density at radius 1 is 1.24 bits per heavy atom. The van der Waals surface area contributed by atoms with Crippen LogP contribution in [0, 0.1) is 5.82 Å². The van der Waals surface area contributed by atoms with E-state index in [4.69, 9.17) is 0 Å². The summed E-state index contributed by atoms with van der Waals surface area (Å²) in [7, 11) is 0. The van der Waals surface area contributed by atoms with Gasteiger partial charge in [0.2, 0.25) is 0 Å². The Kier molecular flexibility index (Phi) is 3.92. The average molecular weight is 349 g/mol. The van der Waals surface area contributed by atoms with Crippen molar-refractivity contribution >= 4 is 33.2 Å². The normalized spacial score (nSPS) is 13.2. The van der Waals surface area contributed by atoms with Crippen LogP contribution in [0.4, 0.5) is 15.8 Å². The smallest absolute Gasteiger partial charge is 0.255 e. The summed E-state index contributed by atoms with van der Waals surface area (Å²) >= 11 is 3.19. The first-order valence-electron chi connectivity index (χ1n) is 6.77. The van der Waals surface area contributed by atoms with Gasteiger partial charge in [0.1, 0.15) is 5.82 Å². The molecule has 0 bridgehead atoms. The Labute approximate surface area is 130 Å². The highest BCUT2D eigenvalue weighted by molar-refractivity contribution is 9.10. The maximum atomic E-state index is 13.7. The van der Waals surface area contributed by atoms with E-state index in [1.807, 2.05) is 12.1 Å². The summed E-state index contributed by atoms with van der Waals surface area (Å²) in [4.78, 5) is 12.2. The van der Waals surface area contributed by atoms with Crippen molar-refractivity contribution in [2.24, 2.45) is 0 Å². The summed E-state index contributed by atoms with van der Waals surface area (Å²) in [6.45, 7) is 0.961. The number of benzene rings is 2. The fraction of sp³-hybridized carbons (Fsp3) is 0.188. The lowest BCUT2D eigenvalue weighted by molar-refractivity contribution is 0.102. The molecular weight excluding hydrogens is 335 g/mol. The number of fused-ring (bicyclic) bond motifs is 1. The Morgan fingerprint density at radius 2 is 2.10 bits per heavy atom. The molecule has 2 N–H and O–H groups in total. The van der Waals surface area contributed by atoms with Gasteiger partial charge in [0.25, 0.3) is 5.91 Å². The third-order valence-corrected chi connectivity index (χ3v) is 3.98. The Morgan fingerprint density at radius 3 is 2.90 bits per heavy atom. The summed E-state index contributed by atoms with van der Waals surface area (Å²) in [5.41, 5.74) is 2.93. The molecule has 5 heteroatoms. The third kappa shape index (κ3) is 3.08. The molecule has 1 amide bonds. The summed E-state index contributed by atoms with van der Waals surface area (Å²) in [6.07, 6.45) is 2.01. The second-order valence-corrected chi connectivity index (χ2v) is 5.90. The van der Waals surface area contributed by atoms with Gasteiger partial charge in [-0.05, 0) is 54.8 Å². The second kappa shape index (κ2) is 5.85. The van der Waals surface area contributed by atoms with E-state index in [9.17, 15) is 9.18 Å². The number of nitrogens with one attached hydrogen (secondary N) is 2. The lowest BCUT2D eigenvalue weighted by Gasteiger charge is -2.18. The molecule has 21 heavy (non-hydrogen) atoms. The van der Waals surface area contributed by atoms with E-state index in [2.05, 4.69) is 26.6 Å². The SMILES string of the molecule is O=C(Nc1ccc(Br)cc1F)c1ccc2c(c1)CCCN2. The van der Waals surface area contributed by atoms with E-state index in [-0.39, 0.29) is 11.6 Å². The van der Waals surface area contributed by atoms with E-state index in [1.165, 1.54) is 12.1 Å². The first-order valence-corrected chi connectivity index (χ1v) is 7.56. The number of anilines is 2. The van der Waals surface area contributed by atoms with Gasteiger partial charge in [-0.15, -0.1) is 0 Å². The van der Waals surface area contributed by atoms with Crippen molar-refractivity contribution in [2.45, 2.75) is 12.8 Å². The second-order valence-electron chi connectivity index (χ2n) is 4.98. The number of amides is 1. The van der Waals surface area contributed by atoms with E-state index in [0.29, 0.717) is 10.0 Å². The molecule has 0 saturated heterocycles. The minimum atomic E-state index is -0.461. The molecule has 0 unspecified atom stereocenters. The van der Waals surface area contributed by atoms with Crippen LogP contribution in [0.25, 0.3) is 0 Å². The summed E-state index contributed by atoms with van der Waals surface area (Å²) in [5.74, 6) is -0.762. The average Bonchev–Trinajstić information content (AvgIpc) is 2.49. The van der Waals surface area contributed by atoms with Crippen LogP contribution in [0.1, 0.15) is 22.3 Å². The van der Waals surface area contributed by atoms with Gasteiger partial charge < -0.3 is 10.6 Å². The lowest BCUT2D eigenvalue weighted by Crippen LogP contribution is -2.16. The van der Waals surface area contributed by atoms with Crippen LogP contribution in [0.3, 0.4) is 0 Å². The summed E-state index contributed by atoms with van der Waals surface area (Å²) in [5, 5.41) is 5.90. The highest BCUT2D eigenvalue weighted by Gasteiger charge is 2.14. The molecule has 0 atom stereocenters. The number of carbonyl (C=O) groups excluding carboxylic acids is 1. The molecule has 0 aliphatic carbocycles. The van der Waals surface area contributed by atoms with Gasteiger partial charge in [-0.2, -0.15) is 0 Å². The highest BCUT2D eigenvalue weighted by Crippen LogP contribution is 2.24. The van der Waals surface area contributed by atoms with E-state index >= 15 is 0 Å². The number of hydrogen-bond acceptors (Lipinski definition) is 2. The minimum absolute atomic E-state index is 0.180. The molecule has 3 rings (SSSR count). The first kappa shape index (κ1) is 14.1. The maximum Gasteiger partial charge on any atom is 0.255 e. The monoisotopic (exact) mass is 348 g/mol. The van der Waals surface area contributed by atoms with Crippen LogP contribution in [0.2, 0.25) is 0 Å². The molecule has 3 nitrogen and oxygen atoms in total. The Balaban J connectivity index is 1.82. The highest BCUT2D eigenvalue weighted by atomic mass is 79.9. The molecule has 0 aromatic heterocycles. The van der Waals surface area contributed by atoms with Crippen LogP contribution in [-0.2, 0) is 6.42 Å². The van der Waals surface area contributed by atoms with Gasteiger partial charge in [0, 0.05) is 22.3 Å². The van der Waals surface area contributed by atoms with Crippen molar-refractivity contribution in [3.8, 4) is 0 Å². The van der Waals surface area contributed by atoms with Crippen LogP contribution >= 0.6 is 15.9 Å². The third-order valence-electron chi connectivity index (χ3n) is 3.49. The van der Waals surface area contributed by atoms with Crippen LogP contribution in [0.15, 0.2) is 40.9 Å². The number of aryl methyl sites for hydroxylation is 1. The fourth-order valence-corrected chi connectivity index (χ4v) is 2.73. The largest absolute Gasteiger partial charge is 0.385 e.